The van der Waals surface area contributed by atoms with Crippen LogP contribution < -0.4 is 10.1 Å². The van der Waals surface area contributed by atoms with E-state index >= 15 is 0 Å². The third-order valence-electron chi connectivity index (χ3n) is 4.79. The Labute approximate surface area is 191 Å². The van der Waals surface area contributed by atoms with Crippen molar-refractivity contribution >= 4 is 39.3 Å². The quantitative estimate of drug-likeness (QED) is 0.523. The van der Waals surface area contributed by atoms with E-state index in [0.29, 0.717) is 23.2 Å². The van der Waals surface area contributed by atoms with Crippen LogP contribution in [-0.4, -0.2) is 35.9 Å². The number of hydrogen-bond donors (Lipinski definition) is 1. The second-order valence-electron chi connectivity index (χ2n) is 7.32. The highest BCUT2D eigenvalue weighted by Crippen LogP contribution is 2.29. The van der Waals surface area contributed by atoms with Gasteiger partial charge in [0.15, 0.2) is 6.61 Å². The summed E-state index contributed by atoms with van der Waals surface area (Å²) in [5.41, 5.74) is 1.94. The minimum Gasteiger partial charge on any atom is -0.483 e. The maximum absolute atomic E-state index is 13.0. The molecule has 0 aliphatic rings. The van der Waals surface area contributed by atoms with E-state index in [0.717, 1.165) is 10.0 Å². The van der Waals surface area contributed by atoms with Crippen LogP contribution in [-0.2, 0) is 16.1 Å². The van der Waals surface area contributed by atoms with Crippen molar-refractivity contribution in [2.45, 2.75) is 46.2 Å². The molecule has 0 aliphatic heterocycles. The number of carbonyl (C=O) groups is 2. The smallest absolute Gasteiger partial charge is 0.261 e. The molecule has 162 valence electrons. The Morgan fingerprint density at radius 2 is 1.87 bits per heavy atom. The number of nitrogens with zero attached hydrogens (tertiary/aromatic N) is 1. The summed E-state index contributed by atoms with van der Waals surface area (Å²) in [5, 5.41) is 3.31. The number of likely N-dealkylation sites (N-methyl/N-ethyl adjacent to an activating group) is 1. The molecule has 0 heterocycles. The first-order valence-electron chi connectivity index (χ1n) is 9.97. The maximum atomic E-state index is 13.0. The fourth-order valence-electron chi connectivity index (χ4n) is 2.93. The van der Waals surface area contributed by atoms with Crippen molar-refractivity contribution < 1.29 is 14.3 Å². The summed E-state index contributed by atoms with van der Waals surface area (Å²) in [4.78, 5) is 26.9. The molecule has 0 saturated carbocycles. The molecule has 5 nitrogen and oxygen atoms in total. The van der Waals surface area contributed by atoms with E-state index in [1.165, 1.54) is 10.5 Å². The molecule has 1 N–H and O–H groups in total. The van der Waals surface area contributed by atoms with Gasteiger partial charge in [0.1, 0.15) is 11.8 Å². The summed E-state index contributed by atoms with van der Waals surface area (Å²) in [7, 11) is 0. The van der Waals surface area contributed by atoms with E-state index in [1.54, 1.807) is 13.0 Å². The summed E-state index contributed by atoms with van der Waals surface area (Å²) >= 11 is 9.78. The van der Waals surface area contributed by atoms with Crippen LogP contribution in [0.15, 0.2) is 46.9 Å². The van der Waals surface area contributed by atoms with Crippen molar-refractivity contribution in [1.29, 1.82) is 0 Å². The van der Waals surface area contributed by atoms with Crippen LogP contribution in [0.5, 0.6) is 5.75 Å². The summed E-state index contributed by atoms with van der Waals surface area (Å²) in [6, 6.07) is 12.4. The molecule has 2 rings (SSSR count). The molecular weight excluding hydrogens is 468 g/mol. The van der Waals surface area contributed by atoms with Gasteiger partial charge in [-0.05, 0) is 65.0 Å². The minimum atomic E-state index is -0.663. The monoisotopic (exact) mass is 494 g/mol. The van der Waals surface area contributed by atoms with Gasteiger partial charge in [-0.3, -0.25) is 9.59 Å². The normalized spacial score (nSPS) is 11.8. The third-order valence-corrected chi connectivity index (χ3v) is 5.78. The van der Waals surface area contributed by atoms with Crippen LogP contribution in [0.3, 0.4) is 0 Å². The van der Waals surface area contributed by atoms with Crippen LogP contribution >= 0.6 is 27.5 Å². The number of carbonyl (C=O) groups excluding carboxylic acids is 2. The Morgan fingerprint density at radius 1 is 1.17 bits per heavy atom. The Kier molecular flexibility index (Phi) is 9.18. The highest BCUT2D eigenvalue weighted by molar-refractivity contribution is 9.10. The molecule has 0 bridgehead atoms. The van der Waals surface area contributed by atoms with E-state index in [-0.39, 0.29) is 25.0 Å². The number of nitrogens with one attached hydrogen (secondary N) is 1. The average Bonchev–Trinajstić information content (AvgIpc) is 2.71. The molecule has 30 heavy (non-hydrogen) atoms. The average molecular weight is 496 g/mol. The number of halogens is 2. The van der Waals surface area contributed by atoms with Gasteiger partial charge in [0, 0.05) is 18.1 Å². The van der Waals surface area contributed by atoms with Crippen molar-refractivity contribution in [2.75, 3.05) is 13.2 Å². The molecule has 2 aromatic carbocycles. The lowest BCUT2D eigenvalue weighted by Crippen LogP contribution is -2.49. The third kappa shape index (κ3) is 6.47. The number of hydrogen-bond acceptors (Lipinski definition) is 3. The first-order chi connectivity index (χ1) is 14.2. The number of amides is 2. The molecule has 0 fully saturated rings. The summed E-state index contributed by atoms with van der Waals surface area (Å²) in [5.74, 6) is 0.450. The zero-order valence-electron chi connectivity index (χ0n) is 17.7. The summed E-state index contributed by atoms with van der Waals surface area (Å²) in [6.07, 6.45) is 0. The first kappa shape index (κ1) is 24.2. The molecule has 1 unspecified atom stereocenters. The first-order valence-corrected chi connectivity index (χ1v) is 11.1. The second kappa shape index (κ2) is 11.4. The van der Waals surface area contributed by atoms with Crippen LogP contribution in [0.4, 0.5) is 0 Å². The van der Waals surface area contributed by atoms with Gasteiger partial charge in [-0.2, -0.15) is 0 Å². The van der Waals surface area contributed by atoms with Gasteiger partial charge in [0.2, 0.25) is 5.91 Å². The molecule has 0 saturated heterocycles. The van der Waals surface area contributed by atoms with Gasteiger partial charge in [0.05, 0.1) is 4.47 Å². The molecule has 0 spiro atoms. The lowest BCUT2D eigenvalue weighted by molar-refractivity contribution is -0.142. The SMILES string of the molecule is CCNC(=O)C(C)N(Cc1ccccc1Cl)C(=O)COc1ccc(C(C)C)cc1Br. The van der Waals surface area contributed by atoms with Gasteiger partial charge in [-0.25, -0.2) is 0 Å². The molecule has 0 radical (unpaired) electrons. The predicted molar refractivity (Wildman–Crippen MR) is 124 cm³/mol. The van der Waals surface area contributed by atoms with E-state index in [4.69, 9.17) is 16.3 Å². The molecule has 2 aromatic rings. The predicted octanol–water partition coefficient (Wildman–Crippen LogP) is 5.16. The lowest BCUT2D eigenvalue weighted by atomic mass is 10.0. The van der Waals surface area contributed by atoms with Crippen molar-refractivity contribution in [3.8, 4) is 5.75 Å². The highest BCUT2D eigenvalue weighted by Gasteiger charge is 2.27. The van der Waals surface area contributed by atoms with Gasteiger partial charge in [-0.15, -0.1) is 0 Å². The fourth-order valence-corrected chi connectivity index (χ4v) is 3.64. The highest BCUT2D eigenvalue weighted by atomic mass is 79.9. The summed E-state index contributed by atoms with van der Waals surface area (Å²) in [6.45, 7) is 8.28. The maximum Gasteiger partial charge on any atom is 0.261 e. The fraction of sp³-hybridized carbons (Fsp3) is 0.391. The molecule has 0 aliphatic carbocycles. The molecular formula is C23H28BrClN2O3. The van der Waals surface area contributed by atoms with Gasteiger partial charge in [-0.1, -0.05) is 49.7 Å². The number of benzene rings is 2. The lowest BCUT2D eigenvalue weighted by Gasteiger charge is -2.29. The van der Waals surface area contributed by atoms with Gasteiger partial charge >= 0.3 is 0 Å². The number of rotatable bonds is 9. The van der Waals surface area contributed by atoms with Crippen LogP contribution in [0, 0.1) is 0 Å². The van der Waals surface area contributed by atoms with Crippen molar-refractivity contribution in [2.24, 2.45) is 0 Å². The Morgan fingerprint density at radius 3 is 2.47 bits per heavy atom. The van der Waals surface area contributed by atoms with Crippen molar-refractivity contribution in [1.82, 2.24) is 10.2 Å². The van der Waals surface area contributed by atoms with Crippen LogP contribution in [0.25, 0.3) is 0 Å². The minimum absolute atomic E-state index is 0.187. The van der Waals surface area contributed by atoms with Crippen molar-refractivity contribution in [3.63, 3.8) is 0 Å². The van der Waals surface area contributed by atoms with E-state index in [1.807, 2.05) is 43.3 Å². The van der Waals surface area contributed by atoms with Gasteiger partial charge in [0.25, 0.3) is 5.91 Å². The zero-order valence-corrected chi connectivity index (χ0v) is 20.1. The van der Waals surface area contributed by atoms with Gasteiger partial charge < -0.3 is 15.0 Å². The molecule has 2 amide bonds. The Balaban J connectivity index is 2.17. The number of ether oxygens (including phenoxy) is 1. The standard InChI is InChI=1S/C23H28BrClN2O3/c1-5-26-23(29)16(4)27(13-18-8-6-7-9-20(18)25)22(28)14-30-21-11-10-17(15(2)3)12-19(21)24/h6-12,15-16H,5,13-14H2,1-4H3,(H,26,29). The second-order valence-corrected chi connectivity index (χ2v) is 8.58. The van der Waals surface area contributed by atoms with Crippen LogP contribution in [0.1, 0.15) is 44.7 Å². The zero-order chi connectivity index (χ0) is 22.3. The Hall–Kier alpha value is -2.05. The van der Waals surface area contributed by atoms with E-state index in [9.17, 15) is 9.59 Å². The van der Waals surface area contributed by atoms with E-state index < -0.39 is 6.04 Å². The largest absolute Gasteiger partial charge is 0.483 e. The molecule has 1 atom stereocenters. The van der Waals surface area contributed by atoms with E-state index in [2.05, 4.69) is 35.1 Å². The topological polar surface area (TPSA) is 58.6 Å². The van der Waals surface area contributed by atoms with Crippen molar-refractivity contribution in [3.05, 3.63) is 63.1 Å². The van der Waals surface area contributed by atoms with Crippen LogP contribution in [0.2, 0.25) is 5.02 Å². The summed E-state index contributed by atoms with van der Waals surface area (Å²) < 4.78 is 6.56. The molecule has 7 heteroatoms. The Bertz CT molecular complexity index is 889. The molecule has 0 aromatic heterocycles.